The van der Waals surface area contributed by atoms with Gasteiger partial charge in [0.25, 0.3) is 0 Å². The summed E-state index contributed by atoms with van der Waals surface area (Å²) in [6.07, 6.45) is 1.06. The van der Waals surface area contributed by atoms with E-state index in [1.807, 2.05) is 18.7 Å². The Hall–Kier alpha value is -2.54. The maximum Gasteiger partial charge on any atom is 0.191 e. The molecule has 7 heteroatoms. The van der Waals surface area contributed by atoms with Gasteiger partial charge in [-0.2, -0.15) is 5.10 Å². The third-order valence-electron chi connectivity index (χ3n) is 5.25. The van der Waals surface area contributed by atoms with Crippen molar-refractivity contribution in [2.45, 2.75) is 53.3 Å². The van der Waals surface area contributed by atoms with Crippen LogP contribution in [-0.2, 0) is 24.9 Å². The molecule has 1 aromatic carbocycles. The summed E-state index contributed by atoms with van der Waals surface area (Å²) in [5.74, 6) is 1.69. The van der Waals surface area contributed by atoms with Crippen LogP contribution in [0.1, 0.15) is 41.4 Å². The summed E-state index contributed by atoms with van der Waals surface area (Å²) in [5.41, 5.74) is 5.67. The van der Waals surface area contributed by atoms with Crippen molar-refractivity contribution in [1.29, 1.82) is 0 Å². The van der Waals surface area contributed by atoms with E-state index in [1.165, 1.54) is 16.8 Å². The number of nitrogens with zero attached hydrogens (tertiary/aromatic N) is 3. The van der Waals surface area contributed by atoms with Crippen LogP contribution in [-0.4, -0.2) is 41.6 Å². The molecule has 1 aliphatic heterocycles. The smallest absolute Gasteiger partial charge is 0.191 e. The highest BCUT2D eigenvalue weighted by Crippen LogP contribution is 2.24. The van der Waals surface area contributed by atoms with E-state index in [0.29, 0.717) is 19.7 Å². The van der Waals surface area contributed by atoms with E-state index >= 15 is 0 Å². The Morgan fingerprint density at radius 1 is 1.31 bits per heavy atom. The van der Waals surface area contributed by atoms with Crippen LogP contribution in [0.15, 0.2) is 23.2 Å². The number of nitrogens with one attached hydrogen (secondary N) is 2. The minimum absolute atomic E-state index is 0.127. The Kier molecular flexibility index (Phi) is 7.14. The van der Waals surface area contributed by atoms with Gasteiger partial charge in [0.05, 0.1) is 25.5 Å². The highest BCUT2D eigenvalue weighted by atomic mass is 16.5. The topological polar surface area (TPSA) is 72.7 Å². The first kappa shape index (κ1) is 21.2. The molecule has 3 rings (SSSR count). The SMILES string of the molecule is CCNC(=NCc1ccc(C)cc1OC1CCOC1)NCc1c(C)nn(C)c1C. The molecule has 2 N–H and O–H groups in total. The molecule has 1 atom stereocenters. The van der Waals surface area contributed by atoms with E-state index in [1.54, 1.807) is 0 Å². The molecule has 1 saturated heterocycles. The summed E-state index contributed by atoms with van der Waals surface area (Å²) in [6, 6.07) is 6.29. The Labute approximate surface area is 173 Å². The quantitative estimate of drug-likeness (QED) is 0.553. The lowest BCUT2D eigenvalue weighted by molar-refractivity contribution is 0.140. The molecule has 7 nitrogen and oxygen atoms in total. The van der Waals surface area contributed by atoms with Gasteiger partial charge in [-0.25, -0.2) is 4.99 Å². The average Bonchev–Trinajstić information content (AvgIpc) is 3.27. The molecule has 2 heterocycles. The Morgan fingerprint density at radius 2 is 2.14 bits per heavy atom. The monoisotopic (exact) mass is 399 g/mol. The molecule has 1 aromatic heterocycles. The first-order chi connectivity index (χ1) is 14.0. The van der Waals surface area contributed by atoms with Gasteiger partial charge < -0.3 is 20.1 Å². The van der Waals surface area contributed by atoms with E-state index in [-0.39, 0.29) is 6.10 Å². The zero-order valence-corrected chi connectivity index (χ0v) is 18.2. The second-order valence-corrected chi connectivity index (χ2v) is 7.54. The molecule has 29 heavy (non-hydrogen) atoms. The van der Waals surface area contributed by atoms with Gasteiger partial charge in [-0.15, -0.1) is 0 Å². The number of hydrogen-bond donors (Lipinski definition) is 2. The van der Waals surface area contributed by atoms with Gasteiger partial charge in [-0.3, -0.25) is 4.68 Å². The molecule has 1 aliphatic rings. The number of rotatable bonds is 7. The number of ether oxygens (including phenoxy) is 2. The van der Waals surface area contributed by atoms with Crippen molar-refractivity contribution >= 4 is 5.96 Å². The van der Waals surface area contributed by atoms with Gasteiger partial charge in [0.15, 0.2) is 5.96 Å². The van der Waals surface area contributed by atoms with Crippen LogP contribution in [0.3, 0.4) is 0 Å². The minimum Gasteiger partial charge on any atom is -0.488 e. The normalized spacial score (nSPS) is 16.9. The third-order valence-corrected chi connectivity index (χ3v) is 5.25. The molecule has 2 aromatic rings. The number of benzene rings is 1. The van der Waals surface area contributed by atoms with E-state index in [0.717, 1.165) is 42.5 Å². The Bertz CT molecular complexity index is 853. The first-order valence-corrected chi connectivity index (χ1v) is 10.3. The van der Waals surface area contributed by atoms with Gasteiger partial charge in [0.1, 0.15) is 11.9 Å². The minimum atomic E-state index is 0.127. The Morgan fingerprint density at radius 3 is 2.79 bits per heavy atom. The Balaban J connectivity index is 1.71. The second-order valence-electron chi connectivity index (χ2n) is 7.54. The third kappa shape index (κ3) is 5.50. The highest BCUT2D eigenvalue weighted by molar-refractivity contribution is 5.79. The van der Waals surface area contributed by atoms with Crippen molar-refractivity contribution in [3.05, 3.63) is 46.3 Å². The summed E-state index contributed by atoms with van der Waals surface area (Å²) in [4.78, 5) is 4.79. The van der Waals surface area contributed by atoms with Crippen LogP contribution in [0, 0.1) is 20.8 Å². The second kappa shape index (κ2) is 9.78. The van der Waals surface area contributed by atoms with E-state index in [9.17, 15) is 0 Å². The zero-order valence-electron chi connectivity index (χ0n) is 18.2. The van der Waals surface area contributed by atoms with Crippen LogP contribution < -0.4 is 15.4 Å². The van der Waals surface area contributed by atoms with Gasteiger partial charge in [0, 0.05) is 43.4 Å². The van der Waals surface area contributed by atoms with E-state index in [4.69, 9.17) is 14.5 Å². The molecule has 1 unspecified atom stereocenters. The number of guanidine groups is 1. The molecule has 0 bridgehead atoms. The van der Waals surface area contributed by atoms with Crippen molar-refractivity contribution in [2.24, 2.45) is 12.0 Å². The van der Waals surface area contributed by atoms with Crippen LogP contribution in [0.2, 0.25) is 0 Å². The molecule has 0 saturated carbocycles. The molecule has 0 radical (unpaired) electrons. The number of aliphatic imine (C=N–C) groups is 1. The van der Waals surface area contributed by atoms with Crippen LogP contribution in [0.5, 0.6) is 5.75 Å². The molecular weight excluding hydrogens is 366 g/mol. The summed E-state index contributed by atoms with van der Waals surface area (Å²) in [7, 11) is 1.97. The van der Waals surface area contributed by atoms with Gasteiger partial charge >= 0.3 is 0 Å². The number of hydrogen-bond acceptors (Lipinski definition) is 4. The van der Waals surface area contributed by atoms with E-state index < -0.39 is 0 Å². The lowest BCUT2D eigenvalue weighted by Gasteiger charge is -2.16. The number of aromatic nitrogens is 2. The number of aryl methyl sites for hydroxylation is 3. The summed E-state index contributed by atoms with van der Waals surface area (Å²) < 4.78 is 13.6. The maximum absolute atomic E-state index is 6.20. The summed E-state index contributed by atoms with van der Waals surface area (Å²) >= 11 is 0. The van der Waals surface area contributed by atoms with Crippen molar-refractivity contribution in [1.82, 2.24) is 20.4 Å². The fourth-order valence-corrected chi connectivity index (χ4v) is 3.44. The fraction of sp³-hybridized carbons (Fsp3) is 0.545. The largest absolute Gasteiger partial charge is 0.488 e. The maximum atomic E-state index is 6.20. The standard InChI is InChI=1S/C22H33N5O2/c1-6-23-22(25-13-20-16(3)26-27(5)17(20)4)24-12-18-8-7-15(2)11-21(18)29-19-9-10-28-14-19/h7-8,11,19H,6,9-10,12-14H2,1-5H3,(H2,23,24,25). The molecule has 0 spiro atoms. The first-order valence-electron chi connectivity index (χ1n) is 10.3. The lowest BCUT2D eigenvalue weighted by Crippen LogP contribution is -2.37. The lowest BCUT2D eigenvalue weighted by atomic mass is 10.1. The van der Waals surface area contributed by atoms with Gasteiger partial charge in [-0.05, 0) is 39.3 Å². The fourth-order valence-electron chi connectivity index (χ4n) is 3.44. The average molecular weight is 400 g/mol. The van der Waals surface area contributed by atoms with Crippen molar-refractivity contribution in [3.63, 3.8) is 0 Å². The van der Waals surface area contributed by atoms with Gasteiger partial charge in [0.2, 0.25) is 0 Å². The zero-order chi connectivity index (χ0) is 20.8. The van der Waals surface area contributed by atoms with Crippen LogP contribution in [0.4, 0.5) is 0 Å². The van der Waals surface area contributed by atoms with E-state index in [2.05, 4.69) is 54.7 Å². The summed E-state index contributed by atoms with van der Waals surface area (Å²) in [6.45, 7) is 11.7. The molecule has 0 aliphatic carbocycles. The highest BCUT2D eigenvalue weighted by Gasteiger charge is 2.18. The molecule has 158 valence electrons. The predicted octanol–water partition coefficient (Wildman–Crippen LogP) is 2.77. The molecular formula is C22H33N5O2. The van der Waals surface area contributed by atoms with Crippen molar-refractivity contribution < 1.29 is 9.47 Å². The van der Waals surface area contributed by atoms with Crippen LogP contribution >= 0.6 is 0 Å². The van der Waals surface area contributed by atoms with Crippen LogP contribution in [0.25, 0.3) is 0 Å². The molecule has 0 amide bonds. The summed E-state index contributed by atoms with van der Waals surface area (Å²) in [5, 5.41) is 11.2. The molecule has 1 fully saturated rings. The van der Waals surface area contributed by atoms with Crippen molar-refractivity contribution in [3.8, 4) is 5.75 Å². The predicted molar refractivity (Wildman–Crippen MR) is 115 cm³/mol. The van der Waals surface area contributed by atoms with Crippen molar-refractivity contribution in [2.75, 3.05) is 19.8 Å². The van der Waals surface area contributed by atoms with Gasteiger partial charge in [-0.1, -0.05) is 12.1 Å².